The number of carbonyl (C=O) groups is 6. The quantitative estimate of drug-likeness (QED) is 0.0479. The van der Waals surface area contributed by atoms with Crippen molar-refractivity contribution in [1.82, 2.24) is 74.1 Å². The SMILES string of the molecule is CNCC(NC(=O)NC[C@H](Cc1c[nH]c2ccccc12)NC(=O)NCC(CCCCN)NC(=O)NC[C@@H](NC(=O)NC[C@H](CCCCN)NC(=O)NC[C@@H](NC(=O)NC(C)C)C(C)C)C(C)C)C(C)C. The molecule has 12 amide bonds. The number of amides is 12. The first-order valence-electron chi connectivity index (χ1n) is 25.2. The van der Waals surface area contributed by atoms with Crippen molar-refractivity contribution < 1.29 is 28.8 Å². The molecule has 0 saturated heterocycles. The van der Waals surface area contributed by atoms with Gasteiger partial charge in [0, 0.05) is 80.5 Å². The first-order chi connectivity index (χ1) is 33.3. The number of nitrogens with one attached hydrogen (secondary N) is 14. The minimum atomic E-state index is -0.476. The Morgan fingerprint density at radius 2 is 0.886 bits per heavy atom. The predicted octanol–water partition coefficient (Wildman–Crippen LogP) is 2.57. The number of carbonyl (C=O) groups excluding carboxylic acids is 6. The number of hydrogen-bond donors (Lipinski definition) is 16. The number of H-pyrrole nitrogens is 1. The second kappa shape index (κ2) is 33.7. The molecule has 18 N–H and O–H groups in total. The van der Waals surface area contributed by atoms with E-state index in [1.807, 2.05) is 92.9 Å². The van der Waals surface area contributed by atoms with E-state index in [-0.39, 0.29) is 80.7 Å². The lowest BCUT2D eigenvalue weighted by Gasteiger charge is -2.26. The van der Waals surface area contributed by atoms with Crippen molar-refractivity contribution in [2.75, 3.05) is 59.4 Å². The first kappa shape index (κ1) is 60.4. The van der Waals surface area contributed by atoms with Gasteiger partial charge in [0.05, 0.1) is 18.1 Å². The summed E-state index contributed by atoms with van der Waals surface area (Å²) in [6, 6.07) is 3.23. The van der Waals surface area contributed by atoms with Crippen molar-refractivity contribution in [2.24, 2.45) is 29.2 Å². The van der Waals surface area contributed by atoms with E-state index in [1.165, 1.54) is 0 Å². The smallest absolute Gasteiger partial charge is 0.315 e. The van der Waals surface area contributed by atoms with Crippen LogP contribution in [-0.2, 0) is 6.42 Å². The minimum Gasteiger partial charge on any atom is -0.361 e. The second-order valence-electron chi connectivity index (χ2n) is 19.4. The number of likely N-dealkylation sites (N-methyl/N-ethyl adjacent to an activating group) is 1. The fraction of sp³-hybridized carbons (Fsp3) is 0.708. The van der Waals surface area contributed by atoms with Gasteiger partial charge >= 0.3 is 36.2 Å². The highest BCUT2D eigenvalue weighted by Gasteiger charge is 2.24. The van der Waals surface area contributed by atoms with Crippen LogP contribution in [0.15, 0.2) is 30.5 Å². The van der Waals surface area contributed by atoms with Crippen LogP contribution in [0.4, 0.5) is 28.8 Å². The monoisotopic (exact) mass is 987 g/mol. The topological polar surface area (TPSA) is 327 Å². The zero-order valence-electron chi connectivity index (χ0n) is 43.4. The molecular formula is C48H90N16O6. The van der Waals surface area contributed by atoms with E-state index in [0.717, 1.165) is 35.7 Å². The van der Waals surface area contributed by atoms with Gasteiger partial charge < -0.3 is 85.6 Å². The molecule has 70 heavy (non-hydrogen) atoms. The van der Waals surface area contributed by atoms with Crippen LogP contribution in [0.2, 0.25) is 0 Å². The van der Waals surface area contributed by atoms with Crippen LogP contribution in [0.1, 0.15) is 99.5 Å². The van der Waals surface area contributed by atoms with Gasteiger partial charge in [0.1, 0.15) is 0 Å². The molecule has 0 bridgehead atoms. The lowest BCUT2D eigenvalue weighted by atomic mass is 10.0. The third kappa shape index (κ3) is 25.2. The van der Waals surface area contributed by atoms with Crippen molar-refractivity contribution in [3.05, 3.63) is 36.0 Å². The molecule has 0 fully saturated rings. The number of rotatable bonds is 32. The fourth-order valence-corrected chi connectivity index (χ4v) is 7.51. The maximum Gasteiger partial charge on any atom is 0.315 e. The predicted molar refractivity (Wildman–Crippen MR) is 278 cm³/mol. The molecule has 6 atom stereocenters. The highest BCUT2D eigenvalue weighted by molar-refractivity contribution is 5.83. The van der Waals surface area contributed by atoms with Gasteiger partial charge in [-0.25, -0.2) is 28.8 Å². The van der Waals surface area contributed by atoms with Crippen molar-refractivity contribution in [2.45, 2.75) is 143 Å². The molecule has 22 heteroatoms. The Labute approximate surface area is 416 Å². The van der Waals surface area contributed by atoms with Crippen molar-refractivity contribution >= 4 is 47.1 Å². The Balaban J connectivity index is 2.01. The van der Waals surface area contributed by atoms with Gasteiger partial charge in [0.15, 0.2) is 0 Å². The number of hydrogen-bond acceptors (Lipinski definition) is 9. The normalized spacial score (nSPS) is 13.9. The number of aromatic nitrogens is 1. The van der Waals surface area contributed by atoms with E-state index in [0.29, 0.717) is 45.3 Å². The molecule has 1 heterocycles. The molecule has 398 valence electrons. The molecule has 0 saturated carbocycles. The van der Waals surface area contributed by atoms with Crippen LogP contribution in [0.3, 0.4) is 0 Å². The highest BCUT2D eigenvalue weighted by Crippen LogP contribution is 2.19. The average molecular weight is 987 g/mol. The molecular weight excluding hydrogens is 897 g/mol. The van der Waals surface area contributed by atoms with E-state index in [2.05, 4.69) is 74.1 Å². The van der Waals surface area contributed by atoms with Crippen LogP contribution in [-0.4, -0.2) is 143 Å². The summed E-state index contributed by atoms with van der Waals surface area (Å²) >= 11 is 0. The zero-order valence-corrected chi connectivity index (χ0v) is 43.4. The third-order valence-corrected chi connectivity index (χ3v) is 11.9. The van der Waals surface area contributed by atoms with Gasteiger partial charge in [-0.05, 0) is 95.5 Å². The largest absolute Gasteiger partial charge is 0.361 e. The van der Waals surface area contributed by atoms with Crippen molar-refractivity contribution in [3.63, 3.8) is 0 Å². The molecule has 22 nitrogen and oxygen atoms in total. The second-order valence-corrected chi connectivity index (χ2v) is 19.4. The molecule has 2 aromatic rings. The summed E-state index contributed by atoms with van der Waals surface area (Å²) in [6.07, 6.45) is 6.40. The lowest BCUT2D eigenvalue weighted by molar-refractivity contribution is 0.220. The van der Waals surface area contributed by atoms with Gasteiger partial charge in [-0.2, -0.15) is 0 Å². The summed E-state index contributed by atoms with van der Waals surface area (Å²) in [5.74, 6) is 0.200. The third-order valence-electron chi connectivity index (χ3n) is 11.9. The van der Waals surface area contributed by atoms with Gasteiger partial charge in [0.25, 0.3) is 0 Å². The highest BCUT2D eigenvalue weighted by atomic mass is 16.2. The number of aromatic amines is 1. The molecule has 0 aliphatic carbocycles. The van der Waals surface area contributed by atoms with Crippen molar-refractivity contribution in [1.29, 1.82) is 0 Å². The van der Waals surface area contributed by atoms with E-state index in [4.69, 9.17) is 11.5 Å². The Kier molecular flexibility index (Phi) is 29.1. The van der Waals surface area contributed by atoms with Crippen LogP contribution < -0.4 is 80.6 Å². The Morgan fingerprint density at radius 3 is 1.33 bits per heavy atom. The van der Waals surface area contributed by atoms with E-state index < -0.39 is 48.3 Å². The summed E-state index contributed by atoms with van der Waals surface area (Å²) in [4.78, 5) is 81.6. The Bertz CT molecular complexity index is 1840. The summed E-state index contributed by atoms with van der Waals surface area (Å²) < 4.78 is 0. The molecule has 0 aliphatic heterocycles. The van der Waals surface area contributed by atoms with Gasteiger partial charge in [-0.3, -0.25) is 0 Å². The summed E-state index contributed by atoms with van der Waals surface area (Å²) in [5, 5.41) is 39.2. The number of unbranched alkanes of at least 4 members (excludes halogenated alkanes) is 2. The maximum absolute atomic E-state index is 13.5. The molecule has 1 aromatic carbocycles. The molecule has 2 rings (SSSR count). The van der Waals surface area contributed by atoms with Gasteiger partial charge in [-0.15, -0.1) is 0 Å². The number of urea groups is 6. The van der Waals surface area contributed by atoms with Crippen LogP contribution in [0, 0.1) is 17.8 Å². The molecule has 0 radical (unpaired) electrons. The maximum atomic E-state index is 13.5. The minimum absolute atomic E-state index is 0.0340. The van der Waals surface area contributed by atoms with E-state index >= 15 is 0 Å². The van der Waals surface area contributed by atoms with Crippen LogP contribution >= 0.6 is 0 Å². The number of benzene rings is 1. The standard InChI is InChI=1S/C48H90N16O6/c1-30(2)40(27-51-9)62-47(69)55-26-37(22-34-23-52-39-19-11-10-18-38(34)39)61-43(65)53-24-35(16-12-14-20-49)59-44(66)56-28-41(31(3)4)63-46(68)54-25-36(17-13-15-21-50)60-45(67)57-29-42(32(5)6)64-48(70)58-33(7)8/h10-11,18-19,23,30-33,35-37,40-42,51-52H,12-17,20-22,24-29,49-50H2,1-9H3,(H2,53,61,65)(H2,54,63,68)(H2,55,62,69)(H2,56,59,66)(H2,57,60,67)(H2,58,64,70)/t35?,36-,37-,40?,41+,42+/m0/s1. The Morgan fingerprint density at radius 1 is 0.486 bits per heavy atom. The summed E-state index contributed by atoms with van der Waals surface area (Å²) in [7, 11) is 1.83. The first-order valence-corrected chi connectivity index (χ1v) is 25.2. The van der Waals surface area contributed by atoms with Gasteiger partial charge in [-0.1, -0.05) is 72.6 Å². The Hall–Kier alpha value is -5.74. The van der Waals surface area contributed by atoms with Crippen LogP contribution in [0.5, 0.6) is 0 Å². The molecule has 0 spiro atoms. The molecule has 0 aliphatic rings. The van der Waals surface area contributed by atoms with Crippen LogP contribution in [0.25, 0.3) is 10.9 Å². The number of fused-ring (bicyclic) bond motifs is 1. The van der Waals surface area contributed by atoms with Crippen molar-refractivity contribution in [3.8, 4) is 0 Å². The van der Waals surface area contributed by atoms with E-state index in [1.54, 1.807) is 0 Å². The van der Waals surface area contributed by atoms with Gasteiger partial charge in [0.2, 0.25) is 0 Å². The van der Waals surface area contributed by atoms with E-state index in [9.17, 15) is 28.8 Å². The zero-order chi connectivity index (χ0) is 52.0. The summed E-state index contributed by atoms with van der Waals surface area (Å²) in [6.45, 7) is 17.9. The fourth-order valence-electron chi connectivity index (χ4n) is 7.51. The number of nitrogens with two attached hydrogens (primary N) is 2. The number of para-hydroxylation sites is 1. The molecule has 1 aromatic heterocycles. The molecule has 2 unspecified atom stereocenters. The lowest BCUT2D eigenvalue weighted by Crippen LogP contribution is -2.56. The average Bonchev–Trinajstić information content (AvgIpc) is 3.70. The summed E-state index contributed by atoms with van der Waals surface area (Å²) in [5.41, 5.74) is 13.5.